The molecule has 6 nitrogen and oxygen atoms in total. The number of rotatable bonds is 1. The van der Waals surface area contributed by atoms with Gasteiger partial charge in [0.2, 0.25) is 5.15 Å². The van der Waals surface area contributed by atoms with E-state index in [0.29, 0.717) is 5.82 Å². The lowest BCUT2D eigenvalue weighted by molar-refractivity contribution is 0.852. The average molecular weight is 248 g/mol. The second-order valence-corrected chi connectivity index (χ2v) is 3.73. The van der Waals surface area contributed by atoms with Crippen LogP contribution in [-0.4, -0.2) is 24.8 Å². The first-order valence-corrected chi connectivity index (χ1v) is 5.20. The number of hydrogen-bond acceptors (Lipinski definition) is 4. The molecular formula is C10H6ClN5O. The van der Waals surface area contributed by atoms with Crippen LogP contribution in [0, 0.1) is 0 Å². The van der Waals surface area contributed by atoms with Crippen LogP contribution in [0.3, 0.4) is 0 Å². The maximum Gasteiger partial charge on any atom is 0.311 e. The Bertz CT molecular complexity index is 733. The highest BCUT2D eigenvalue weighted by molar-refractivity contribution is 6.29. The summed E-state index contributed by atoms with van der Waals surface area (Å²) in [6.45, 7) is 0. The Kier molecular flexibility index (Phi) is 2.15. The summed E-state index contributed by atoms with van der Waals surface area (Å²) in [5.41, 5.74) is 0.389. The molecule has 0 saturated heterocycles. The van der Waals surface area contributed by atoms with Gasteiger partial charge in [0, 0.05) is 5.56 Å². The number of aromatic amines is 1. The third-order valence-corrected chi connectivity index (χ3v) is 2.52. The standard InChI is InChI=1S/C10H6ClN5O/c11-7-9(17)16-10(14-13-7)12-8(15-16)6-4-2-1-3-5-6/h1-5H,(H,12,14,15). The molecule has 0 aliphatic carbocycles. The quantitative estimate of drug-likeness (QED) is 0.699. The first-order valence-electron chi connectivity index (χ1n) is 4.82. The van der Waals surface area contributed by atoms with Gasteiger partial charge in [-0.1, -0.05) is 41.9 Å². The molecule has 0 saturated carbocycles. The molecule has 1 aromatic carbocycles. The van der Waals surface area contributed by atoms with Crippen LogP contribution in [0.15, 0.2) is 35.1 Å². The van der Waals surface area contributed by atoms with Gasteiger partial charge < -0.3 is 0 Å². The average Bonchev–Trinajstić information content (AvgIpc) is 2.80. The van der Waals surface area contributed by atoms with Gasteiger partial charge in [-0.05, 0) is 0 Å². The van der Waals surface area contributed by atoms with Crippen LogP contribution in [-0.2, 0) is 0 Å². The van der Waals surface area contributed by atoms with E-state index in [9.17, 15) is 4.79 Å². The van der Waals surface area contributed by atoms with E-state index in [2.05, 4.69) is 20.3 Å². The zero-order valence-corrected chi connectivity index (χ0v) is 9.22. The number of benzene rings is 1. The number of H-pyrrole nitrogens is 1. The Hall–Kier alpha value is -2.21. The van der Waals surface area contributed by atoms with Gasteiger partial charge in [-0.25, -0.2) is 0 Å². The van der Waals surface area contributed by atoms with Crippen LogP contribution in [0.4, 0.5) is 0 Å². The van der Waals surface area contributed by atoms with Gasteiger partial charge in [-0.15, -0.1) is 10.2 Å². The van der Waals surface area contributed by atoms with Crippen LogP contribution in [0.25, 0.3) is 17.2 Å². The first-order chi connectivity index (χ1) is 8.25. The molecule has 3 aromatic rings. The Labute approximate surface area is 99.9 Å². The molecule has 0 fully saturated rings. The van der Waals surface area contributed by atoms with Crippen molar-refractivity contribution in [3.05, 3.63) is 45.8 Å². The van der Waals surface area contributed by atoms with E-state index in [-0.39, 0.29) is 10.9 Å². The number of nitrogens with one attached hydrogen (secondary N) is 1. The smallest absolute Gasteiger partial charge is 0.271 e. The number of hydrogen-bond donors (Lipinski definition) is 1. The fraction of sp³-hybridized carbons (Fsp3) is 0. The molecule has 0 atom stereocenters. The van der Waals surface area contributed by atoms with Crippen molar-refractivity contribution in [2.24, 2.45) is 0 Å². The van der Waals surface area contributed by atoms with E-state index in [1.807, 2.05) is 30.3 Å². The summed E-state index contributed by atoms with van der Waals surface area (Å²) >= 11 is 5.59. The van der Waals surface area contributed by atoms with E-state index in [1.165, 1.54) is 0 Å². The van der Waals surface area contributed by atoms with Crippen LogP contribution >= 0.6 is 11.6 Å². The minimum Gasteiger partial charge on any atom is -0.271 e. The zero-order chi connectivity index (χ0) is 11.8. The van der Waals surface area contributed by atoms with Gasteiger partial charge >= 0.3 is 5.56 Å². The third-order valence-electron chi connectivity index (χ3n) is 2.28. The second kappa shape index (κ2) is 3.67. The SMILES string of the molecule is O=c1c(Cl)nnc2nc(-c3ccccc3)[nH]n12. The molecule has 17 heavy (non-hydrogen) atoms. The number of fused-ring (bicyclic) bond motifs is 1. The van der Waals surface area contributed by atoms with E-state index < -0.39 is 5.56 Å². The molecule has 0 aliphatic rings. The zero-order valence-electron chi connectivity index (χ0n) is 8.46. The lowest BCUT2D eigenvalue weighted by Gasteiger charge is -1.92. The van der Waals surface area contributed by atoms with Crippen molar-refractivity contribution in [3.8, 4) is 11.4 Å². The Morgan fingerprint density at radius 1 is 1.18 bits per heavy atom. The molecule has 84 valence electrons. The summed E-state index contributed by atoms with van der Waals surface area (Å²) in [7, 11) is 0. The van der Waals surface area contributed by atoms with Crippen LogP contribution in [0.5, 0.6) is 0 Å². The van der Waals surface area contributed by atoms with Crippen LogP contribution in [0.2, 0.25) is 5.15 Å². The van der Waals surface area contributed by atoms with E-state index >= 15 is 0 Å². The molecule has 0 bridgehead atoms. The first kappa shape index (κ1) is 9.98. The van der Waals surface area contributed by atoms with E-state index in [4.69, 9.17) is 11.6 Å². The predicted molar refractivity (Wildman–Crippen MR) is 61.8 cm³/mol. The van der Waals surface area contributed by atoms with Crippen molar-refractivity contribution in [1.82, 2.24) is 24.8 Å². The van der Waals surface area contributed by atoms with Crippen LogP contribution in [0.1, 0.15) is 0 Å². The lowest BCUT2D eigenvalue weighted by atomic mass is 10.2. The summed E-state index contributed by atoms with van der Waals surface area (Å²) in [5, 5.41) is 9.88. The molecule has 0 aliphatic heterocycles. The summed E-state index contributed by atoms with van der Waals surface area (Å²) in [6, 6.07) is 9.40. The molecule has 7 heteroatoms. The van der Waals surface area contributed by atoms with E-state index in [0.717, 1.165) is 10.1 Å². The monoisotopic (exact) mass is 247 g/mol. The fourth-order valence-electron chi connectivity index (χ4n) is 1.49. The minimum absolute atomic E-state index is 0.189. The number of nitrogens with zero attached hydrogens (tertiary/aromatic N) is 4. The van der Waals surface area contributed by atoms with Gasteiger partial charge in [-0.2, -0.15) is 9.50 Å². The van der Waals surface area contributed by atoms with Gasteiger partial charge in [-0.3, -0.25) is 9.89 Å². The molecule has 2 heterocycles. The highest BCUT2D eigenvalue weighted by Gasteiger charge is 2.09. The second-order valence-electron chi connectivity index (χ2n) is 3.37. The van der Waals surface area contributed by atoms with Crippen molar-refractivity contribution in [1.29, 1.82) is 0 Å². The molecule has 0 unspecified atom stereocenters. The van der Waals surface area contributed by atoms with Crippen LogP contribution < -0.4 is 5.56 Å². The maximum absolute atomic E-state index is 11.6. The number of aromatic nitrogens is 5. The predicted octanol–water partition coefficient (Wildman–Crippen LogP) is 1.13. The molecule has 0 spiro atoms. The van der Waals surface area contributed by atoms with Crippen molar-refractivity contribution >= 4 is 17.4 Å². The molecular weight excluding hydrogens is 242 g/mol. The summed E-state index contributed by atoms with van der Waals surface area (Å²) < 4.78 is 1.16. The number of halogens is 1. The van der Waals surface area contributed by atoms with Gasteiger partial charge in [0.25, 0.3) is 5.78 Å². The molecule has 3 rings (SSSR count). The normalized spacial score (nSPS) is 10.9. The Morgan fingerprint density at radius 2 is 1.94 bits per heavy atom. The highest BCUT2D eigenvalue weighted by atomic mass is 35.5. The van der Waals surface area contributed by atoms with Crippen molar-refractivity contribution < 1.29 is 0 Å². The fourth-order valence-corrected chi connectivity index (χ4v) is 1.61. The lowest BCUT2D eigenvalue weighted by Crippen LogP contribution is -2.17. The largest absolute Gasteiger partial charge is 0.311 e. The topological polar surface area (TPSA) is 75.9 Å². The Balaban J connectivity index is 2.28. The maximum atomic E-state index is 11.6. The molecule has 0 amide bonds. The van der Waals surface area contributed by atoms with Crippen molar-refractivity contribution in [2.75, 3.05) is 0 Å². The highest BCUT2D eigenvalue weighted by Crippen LogP contribution is 2.13. The molecule has 2 aromatic heterocycles. The molecule has 0 radical (unpaired) electrons. The summed E-state index contributed by atoms with van der Waals surface area (Å²) in [6.07, 6.45) is 0. The Morgan fingerprint density at radius 3 is 2.71 bits per heavy atom. The van der Waals surface area contributed by atoms with Crippen molar-refractivity contribution in [3.63, 3.8) is 0 Å². The molecule has 1 N–H and O–H groups in total. The van der Waals surface area contributed by atoms with Gasteiger partial charge in [0.1, 0.15) is 0 Å². The van der Waals surface area contributed by atoms with Gasteiger partial charge in [0.05, 0.1) is 0 Å². The third kappa shape index (κ3) is 1.58. The van der Waals surface area contributed by atoms with Crippen molar-refractivity contribution in [2.45, 2.75) is 0 Å². The minimum atomic E-state index is -0.466. The summed E-state index contributed by atoms with van der Waals surface area (Å²) in [4.78, 5) is 15.8. The van der Waals surface area contributed by atoms with Gasteiger partial charge in [0.15, 0.2) is 5.82 Å². The van der Waals surface area contributed by atoms with E-state index in [1.54, 1.807) is 0 Å². The summed E-state index contributed by atoms with van der Waals surface area (Å²) in [5.74, 6) is 0.734.